The van der Waals surface area contributed by atoms with Crippen LogP contribution in [0.1, 0.15) is 21.8 Å². The van der Waals surface area contributed by atoms with Crippen LogP contribution < -0.4 is 0 Å². The van der Waals surface area contributed by atoms with Crippen molar-refractivity contribution in [3.05, 3.63) is 35.4 Å². The fraction of sp³-hybridized carbons (Fsp3) is 0.333. The molecule has 1 aromatic rings. The Labute approximate surface area is 98.3 Å². The molecule has 0 aromatic heterocycles. The molecule has 0 N–H and O–H groups in total. The summed E-state index contributed by atoms with van der Waals surface area (Å²) in [6.45, 7) is 0. The van der Waals surface area contributed by atoms with Crippen molar-refractivity contribution < 1.29 is 23.8 Å². The lowest BCUT2D eigenvalue weighted by Gasteiger charge is -2.29. The van der Waals surface area contributed by atoms with Gasteiger partial charge in [0.15, 0.2) is 0 Å². The number of benzene rings is 1. The Morgan fingerprint density at radius 3 is 2.65 bits per heavy atom. The molecule has 0 aliphatic carbocycles. The Balaban J connectivity index is 2.50. The molecule has 90 valence electrons. The minimum absolute atomic E-state index is 0.371. The first-order valence-electron chi connectivity index (χ1n) is 5.09. The average Bonchev–Trinajstić information content (AvgIpc) is 2.37. The lowest BCUT2D eigenvalue weighted by Crippen LogP contribution is -2.38. The highest BCUT2D eigenvalue weighted by molar-refractivity contribution is 5.96. The van der Waals surface area contributed by atoms with Crippen LogP contribution in [0, 0.1) is 0 Å². The zero-order valence-corrected chi connectivity index (χ0v) is 9.51. The van der Waals surface area contributed by atoms with Gasteiger partial charge in [0.2, 0.25) is 6.29 Å². The van der Waals surface area contributed by atoms with Gasteiger partial charge in [0.25, 0.3) is 0 Å². The lowest BCUT2D eigenvalue weighted by atomic mass is 9.91. The summed E-state index contributed by atoms with van der Waals surface area (Å²) < 4.78 is 14.7. The van der Waals surface area contributed by atoms with Crippen molar-refractivity contribution in [3.63, 3.8) is 0 Å². The van der Waals surface area contributed by atoms with Crippen LogP contribution in [0.2, 0.25) is 0 Å². The van der Waals surface area contributed by atoms with Gasteiger partial charge in [-0.3, -0.25) is 4.79 Å². The third kappa shape index (κ3) is 1.89. The molecule has 0 unspecified atom stereocenters. The molecular weight excluding hydrogens is 224 g/mol. The molecule has 1 aromatic carbocycles. The van der Waals surface area contributed by atoms with Gasteiger partial charge in [-0.2, -0.15) is 0 Å². The first-order chi connectivity index (χ1) is 8.19. The van der Waals surface area contributed by atoms with Crippen molar-refractivity contribution in [2.75, 3.05) is 14.2 Å². The second-order valence-electron chi connectivity index (χ2n) is 3.60. The second-order valence-corrected chi connectivity index (χ2v) is 3.60. The third-order valence-corrected chi connectivity index (χ3v) is 2.70. The average molecular weight is 236 g/mol. The molecule has 0 saturated heterocycles. The van der Waals surface area contributed by atoms with E-state index in [4.69, 9.17) is 14.2 Å². The van der Waals surface area contributed by atoms with Crippen LogP contribution in [0.5, 0.6) is 0 Å². The first-order valence-corrected chi connectivity index (χ1v) is 5.09. The van der Waals surface area contributed by atoms with Crippen molar-refractivity contribution in [1.29, 1.82) is 0 Å². The number of carbonyl (C=O) groups is 2. The van der Waals surface area contributed by atoms with E-state index in [1.165, 1.54) is 14.2 Å². The number of rotatable bonds is 2. The number of cyclic esters (lactones) is 1. The normalized spacial score (nSPS) is 22.6. The van der Waals surface area contributed by atoms with Crippen LogP contribution in [-0.2, 0) is 19.0 Å². The predicted molar refractivity (Wildman–Crippen MR) is 57.4 cm³/mol. The highest BCUT2D eigenvalue weighted by Crippen LogP contribution is 2.32. The van der Waals surface area contributed by atoms with Crippen molar-refractivity contribution >= 4 is 11.9 Å². The number of fused-ring (bicyclic) bond motifs is 1. The van der Waals surface area contributed by atoms with E-state index in [1.54, 1.807) is 24.3 Å². The summed E-state index contributed by atoms with van der Waals surface area (Å²) in [4.78, 5) is 23.4. The maximum Gasteiger partial charge on any atom is 0.340 e. The summed E-state index contributed by atoms with van der Waals surface area (Å²) in [5.74, 6) is -1.72. The number of hydrogen-bond acceptors (Lipinski definition) is 5. The standard InChI is InChI=1S/C12H12O5/c1-15-11(14)9-7-5-3-4-6-8(7)10(13)17-12(9)16-2/h3-6,9,12H,1-2H3/t9-,12+/m1/s1. The topological polar surface area (TPSA) is 61.8 Å². The fourth-order valence-corrected chi connectivity index (χ4v) is 1.89. The van der Waals surface area contributed by atoms with E-state index in [2.05, 4.69) is 0 Å². The van der Waals surface area contributed by atoms with Crippen molar-refractivity contribution in [2.24, 2.45) is 0 Å². The van der Waals surface area contributed by atoms with E-state index in [0.717, 1.165) is 0 Å². The van der Waals surface area contributed by atoms with E-state index in [0.29, 0.717) is 11.1 Å². The molecule has 0 fully saturated rings. The third-order valence-electron chi connectivity index (χ3n) is 2.70. The predicted octanol–water partition coefficient (Wildman–Crippen LogP) is 1.09. The molecule has 0 bridgehead atoms. The summed E-state index contributed by atoms with van der Waals surface area (Å²) in [5, 5.41) is 0. The van der Waals surface area contributed by atoms with Gasteiger partial charge in [0.1, 0.15) is 5.92 Å². The van der Waals surface area contributed by atoms with Gasteiger partial charge >= 0.3 is 11.9 Å². The van der Waals surface area contributed by atoms with Gasteiger partial charge < -0.3 is 14.2 Å². The highest BCUT2D eigenvalue weighted by Gasteiger charge is 2.40. The Morgan fingerprint density at radius 1 is 1.29 bits per heavy atom. The van der Waals surface area contributed by atoms with Crippen LogP contribution in [-0.4, -0.2) is 32.4 Å². The summed E-state index contributed by atoms with van der Waals surface area (Å²) in [7, 11) is 2.66. The smallest absolute Gasteiger partial charge is 0.340 e. The van der Waals surface area contributed by atoms with Crippen LogP contribution in [0.4, 0.5) is 0 Å². The number of methoxy groups -OCH3 is 2. The minimum atomic E-state index is -0.940. The van der Waals surface area contributed by atoms with Gasteiger partial charge in [-0.05, 0) is 11.6 Å². The molecule has 0 spiro atoms. The molecule has 0 saturated carbocycles. The van der Waals surface area contributed by atoms with E-state index >= 15 is 0 Å². The molecule has 2 atom stereocenters. The molecule has 0 radical (unpaired) electrons. The Bertz CT molecular complexity index is 454. The molecule has 1 aliphatic heterocycles. The Morgan fingerprint density at radius 2 is 2.00 bits per heavy atom. The van der Waals surface area contributed by atoms with E-state index in [1.807, 2.05) is 0 Å². The van der Waals surface area contributed by atoms with Crippen LogP contribution in [0.3, 0.4) is 0 Å². The zero-order valence-electron chi connectivity index (χ0n) is 9.51. The van der Waals surface area contributed by atoms with Gasteiger partial charge in [-0.25, -0.2) is 4.79 Å². The Hall–Kier alpha value is -1.88. The summed E-state index contributed by atoms with van der Waals surface area (Å²) in [6, 6.07) is 6.77. The minimum Gasteiger partial charge on any atom is -0.468 e. The first kappa shape index (κ1) is 11.6. The molecule has 5 nitrogen and oxygen atoms in total. The van der Waals surface area contributed by atoms with Gasteiger partial charge in [-0.15, -0.1) is 0 Å². The molecule has 2 rings (SSSR count). The molecule has 17 heavy (non-hydrogen) atoms. The number of ether oxygens (including phenoxy) is 3. The number of carbonyl (C=O) groups excluding carboxylic acids is 2. The van der Waals surface area contributed by atoms with Crippen LogP contribution in [0.15, 0.2) is 24.3 Å². The zero-order chi connectivity index (χ0) is 12.4. The van der Waals surface area contributed by atoms with Crippen molar-refractivity contribution in [2.45, 2.75) is 12.2 Å². The van der Waals surface area contributed by atoms with Gasteiger partial charge in [-0.1, -0.05) is 18.2 Å². The Kier molecular flexibility index (Phi) is 3.10. The monoisotopic (exact) mass is 236 g/mol. The molecule has 5 heteroatoms. The quantitative estimate of drug-likeness (QED) is 0.719. The molecule has 0 amide bonds. The molecule has 1 heterocycles. The molecule has 1 aliphatic rings. The maximum atomic E-state index is 11.7. The lowest BCUT2D eigenvalue weighted by molar-refractivity contribution is -0.160. The summed E-state index contributed by atoms with van der Waals surface area (Å²) in [6.07, 6.45) is -0.940. The second kappa shape index (κ2) is 4.55. The summed E-state index contributed by atoms with van der Waals surface area (Å²) >= 11 is 0. The van der Waals surface area contributed by atoms with Crippen LogP contribution in [0.25, 0.3) is 0 Å². The van der Waals surface area contributed by atoms with Crippen LogP contribution >= 0.6 is 0 Å². The molecular formula is C12H12O5. The van der Waals surface area contributed by atoms with E-state index in [9.17, 15) is 9.59 Å². The van der Waals surface area contributed by atoms with Crippen molar-refractivity contribution in [3.8, 4) is 0 Å². The SMILES string of the molecule is COC(=O)[C@H]1c2ccccc2C(=O)O[C@@H]1OC. The van der Waals surface area contributed by atoms with E-state index in [-0.39, 0.29) is 0 Å². The van der Waals surface area contributed by atoms with Crippen molar-refractivity contribution in [1.82, 2.24) is 0 Å². The summed E-state index contributed by atoms with van der Waals surface area (Å²) in [5.41, 5.74) is 0.943. The highest BCUT2D eigenvalue weighted by atomic mass is 16.7. The largest absolute Gasteiger partial charge is 0.468 e. The maximum absolute atomic E-state index is 11.7. The van der Waals surface area contributed by atoms with E-state index < -0.39 is 24.1 Å². The number of esters is 2. The number of hydrogen-bond donors (Lipinski definition) is 0. The van der Waals surface area contributed by atoms with Gasteiger partial charge in [0.05, 0.1) is 12.7 Å². The fourth-order valence-electron chi connectivity index (χ4n) is 1.89. The van der Waals surface area contributed by atoms with Gasteiger partial charge in [0, 0.05) is 7.11 Å².